The second kappa shape index (κ2) is 5.76. The van der Waals surface area contributed by atoms with Gasteiger partial charge in [-0.3, -0.25) is 9.59 Å². The number of nitrogens with zero attached hydrogens (tertiary/aromatic N) is 1. The van der Waals surface area contributed by atoms with Crippen molar-refractivity contribution in [3.63, 3.8) is 0 Å². The molecule has 0 saturated carbocycles. The van der Waals surface area contributed by atoms with Crippen LogP contribution >= 0.6 is 0 Å². The van der Waals surface area contributed by atoms with Crippen molar-refractivity contribution in [3.05, 3.63) is 23.8 Å². The van der Waals surface area contributed by atoms with Crippen molar-refractivity contribution >= 4 is 17.5 Å². The van der Waals surface area contributed by atoms with Gasteiger partial charge in [-0.25, -0.2) is 0 Å². The van der Waals surface area contributed by atoms with Gasteiger partial charge >= 0.3 is 0 Å². The minimum absolute atomic E-state index is 0.352. The monoisotopic (exact) mass is 290 g/mol. The number of carbonyl (C=O) groups excluding carboxylic acids is 2. The van der Waals surface area contributed by atoms with Gasteiger partial charge in [0.2, 0.25) is 0 Å². The van der Waals surface area contributed by atoms with Crippen LogP contribution < -0.4 is 15.0 Å². The number of unbranched alkanes of at least 4 members (excludes halogenated alkanes) is 1. The Balaban J connectivity index is 2.28. The summed E-state index contributed by atoms with van der Waals surface area (Å²) in [7, 11) is 1.67. The minimum atomic E-state index is -1.51. The number of rotatable bonds is 4. The standard InChI is InChI=1S/C16H22N2O3/c1-5-6-9-17-14(19)16(3)15(20)18(4)12-10-11(2)7-8-13(12)21-16/h7-8,10H,5-6,9H2,1-4H3,(H,17,19). The first-order chi connectivity index (χ1) is 9.90. The lowest BCUT2D eigenvalue weighted by molar-refractivity contribution is -0.148. The van der Waals surface area contributed by atoms with Crippen molar-refractivity contribution < 1.29 is 14.3 Å². The topological polar surface area (TPSA) is 58.6 Å². The Hall–Kier alpha value is -2.04. The van der Waals surface area contributed by atoms with E-state index in [1.807, 2.05) is 26.0 Å². The highest BCUT2D eigenvalue weighted by atomic mass is 16.5. The summed E-state index contributed by atoms with van der Waals surface area (Å²) in [4.78, 5) is 26.4. The minimum Gasteiger partial charge on any atom is -0.466 e. The molecule has 1 N–H and O–H groups in total. The normalized spacial score (nSPS) is 20.8. The predicted molar refractivity (Wildman–Crippen MR) is 81.5 cm³/mol. The average Bonchev–Trinajstić information content (AvgIpc) is 2.46. The molecule has 0 aliphatic carbocycles. The summed E-state index contributed by atoms with van der Waals surface area (Å²) in [6.45, 7) is 6.06. The molecule has 1 aromatic rings. The van der Waals surface area contributed by atoms with Crippen LogP contribution in [0.15, 0.2) is 18.2 Å². The van der Waals surface area contributed by atoms with E-state index in [1.165, 1.54) is 11.8 Å². The van der Waals surface area contributed by atoms with Gasteiger partial charge in [0.05, 0.1) is 5.69 Å². The van der Waals surface area contributed by atoms with Gasteiger partial charge in [0.1, 0.15) is 5.75 Å². The summed E-state index contributed by atoms with van der Waals surface area (Å²) in [5.74, 6) is -0.190. The smallest absolute Gasteiger partial charge is 0.280 e. The predicted octanol–water partition coefficient (Wildman–Crippen LogP) is 2.03. The van der Waals surface area contributed by atoms with Crippen molar-refractivity contribution in [2.75, 3.05) is 18.5 Å². The van der Waals surface area contributed by atoms with Crippen LogP contribution in [0.1, 0.15) is 32.3 Å². The molecule has 1 atom stereocenters. The van der Waals surface area contributed by atoms with E-state index in [0.717, 1.165) is 18.4 Å². The molecule has 5 heteroatoms. The first-order valence-corrected chi connectivity index (χ1v) is 7.26. The lowest BCUT2D eigenvalue weighted by Gasteiger charge is -2.38. The van der Waals surface area contributed by atoms with Crippen LogP contribution in [-0.4, -0.2) is 31.0 Å². The van der Waals surface area contributed by atoms with Gasteiger partial charge in [0, 0.05) is 13.6 Å². The number of nitrogens with one attached hydrogen (secondary N) is 1. The Morgan fingerprint density at radius 2 is 2.14 bits per heavy atom. The Morgan fingerprint density at radius 3 is 2.81 bits per heavy atom. The summed E-state index contributed by atoms with van der Waals surface area (Å²) in [5, 5.41) is 2.78. The summed E-state index contributed by atoms with van der Waals surface area (Å²) in [6.07, 6.45) is 1.86. The van der Waals surface area contributed by atoms with E-state index in [9.17, 15) is 9.59 Å². The number of ether oxygens (including phenoxy) is 1. The molecular weight excluding hydrogens is 268 g/mol. The van der Waals surface area contributed by atoms with Crippen LogP contribution in [0.25, 0.3) is 0 Å². The highest BCUT2D eigenvalue weighted by Crippen LogP contribution is 2.37. The first-order valence-electron chi connectivity index (χ1n) is 7.26. The van der Waals surface area contributed by atoms with E-state index in [1.54, 1.807) is 13.1 Å². The Labute approximate surface area is 125 Å². The summed E-state index contributed by atoms with van der Waals surface area (Å²) in [6, 6.07) is 5.57. The molecule has 0 radical (unpaired) electrons. The fourth-order valence-electron chi connectivity index (χ4n) is 2.36. The van der Waals surface area contributed by atoms with Crippen molar-refractivity contribution in [1.29, 1.82) is 0 Å². The maximum absolute atomic E-state index is 12.5. The molecular formula is C16H22N2O3. The van der Waals surface area contributed by atoms with Gasteiger partial charge < -0.3 is 15.0 Å². The lowest BCUT2D eigenvalue weighted by atomic mass is 10.00. The molecule has 0 aromatic heterocycles. The van der Waals surface area contributed by atoms with Crippen LogP contribution in [0.3, 0.4) is 0 Å². The molecule has 21 heavy (non-hydrogen) atoms. The van der Waals surface area contributed by atoms with Crippen LogP contribution in [0.5, 0.6) is 5.75 Å². The Kier molecular flexibility index (Phi) is 4.21. The van der Waals surface area contributed by atoms with Crippen LogP contribution in [0.2, 0.25) is 0 Å². The Morgan fingerprint density at radius 1 is 1.43 bits per heavy atom. The third-order valence-electron chi connectivity index (χ3n) is 3.75. The summed E-state index contributed by atoms with van der Waals surface area (Å²) in [5.41, 5.74) is 0.219. The number of benzene rings is 1. The van der Waals surface area contributed by atoms with Crippen LogP contribution in [-0.2, 0) is 9.59 Å². The molecule has 1 aliphatic rings. The van der Waals surface area contributed by atoms with E-state index in [4.69, 9.17) is 4.74 Å². The van der Waals surface area contributed by atoms with E-state index in [2.05, 4.69) is 5.32 Å². The molecule has 2 rings (SSSR count). The van der Waals surface area contributed by atoms with Crippen molar-refractivity contribution in [2.45, 2.75) is 39.2 Å². The zero-order valence-electron chi connectivity index (χ0n) is 13.0. The maximum atomic E-state index is 12.5. The van der Waals surface area contributed by atoms with Gasteiger partial charge in [-0.05, 0) is 38.0 Å². The molecule has 0 bridgehead atoms. The number of carbonyl (C=O) groups is 2. The second-order valence-electron chi connectivity index (χ2n) is 5.58. The fraction of sp³-hybridized carbons (Fsp3) is 0.500. The third kappa shape index (κ3) is 2.73. The number of amides is 2. The van der Waals surface area contributed by atoms with Gasteiger partial charge in [-0.2, -0.15) is 0 Å². The second-order valence-corrected chi connectivity index (χ2v) is 5.58. The molecule has 0 saturated heterocycles. The lowest BCUT2D eigenvalue weighted by Crippen LogP contribution is -2.61. The Bertz CT molecular complexity index is 571. The fourth-order valence-corrected chi connectivity index (χ4v) is 2.36. The van der Waals surface area contributed by atoms with Crippen LogP contribution in [0, 0.1) is 6.92 Å². The number of hydrogen-bond donors (Lipinski definition) is 1. The molecule has 0 spiro atoms. The molecule has 114 valence electrons. The van der Waals surface area contributed by atoms with Gasteiger partial charge in [0.15, 0.2) is 0 Å². The highest BCUT2D eigenvalue weighted by molar-refractivity contribution is 6.16. The maximum Gasteiger partial charge on any atom is 0.280 e. The number of aryl methyl sites for hydroxylation is 1. The van der Waals surface area contributed by atoms with Crippen molar-refractivity contribution in [2.24, 2.45) is 0 Å². The zero-order chi connectivity index (χ0) is 15.6. The van der Waals surface area contributed by atoms with Crippen LogP contribution in [0.4, 0.5) is 5.69 Å². The van der Waals surface area contributed by atoms with E-state index >= 15 is 0 Å². The molecule has 1 unspecified atom stereocenters. The number of likely N-dealkylation sites (N-methyl/N-ethyl adjacent to an activating group) is 1. The quantitative estimate of drug-likeness (QED) is 0.682. The number of hydrogen-bond acceptors (Lipinski definition) is 3. The van der Waals surface area contributed by atoms with Crippen molar-refractivity contribution in [1.82, 2.24) is 5.32 Å². The molecule has 1 heterocycles. The highest BCUT2D eigenvalue weighted by Gasteiger charge is 2.49. The van der Waals surface area contributed by atoms with Gasteiger partial charge in [-0.15, -0.1) is 0 Å². The van der Waals surface area contributed by atoms with Crippen molar-refractivity contribution in [3.8, 4) is 5.75 Å². The molecule has 2 amide bonds. The number of anilines is 1. The van der Waals surface area contributed by atoms with E-state index in [-0.39, 0.29) is 11.8 Å². The zero-order valence-corrected chi connectivity index (χ0v) is 13.0. The summed E-state index contributed by atoms with van der Waals surface area (Å²) < 4.78 is 5.75. The molecule has 5 nitrogen and oxygen atoms in total. The largest absolute Gasteiger partial charge is 0.466 e. The van der Waals surface area contributed by atoms with E-state index in [0.29, 0.717) is 18.0 Å². The number of fused-ring (bicyclic) bond motifs is 1. The van der Waals surface area contributed by atoms with E-state index < -0.39 is 5.60 Å². The third-order valence-corrected chi connectivity index (χ3v) is 3.75. The SMILES string of the molecule is CCCCNC(=O)C1(C)Oc2ccc(C)cc2N(C)C1=O. The first kappa shape index (κ1) is 15.4. The molecule has 1 aliphatic heterocycles. The van der Waals surface area contributed by atoms with Gasteiger partial charge in [-0.1, -0.05) is 19.4 Å². The molecule has 1 aromatic carbocycles. The average molecular weight is 290 g/mol. The summed E-state index contributed by atoms with van der Waals surface area (Å²) >= 11 is 0. The van der Waals surface area contributed by atoms with Gasteiger partial charge in [0.25, 0.3) is 17.4 Å². The molecule has 0 fully saturated rings.